The Morgan fingerprint density at radius 2 is 1.83 bits per heavy atom. The predicted octanol–water partition coefficient (Wildman–Crippen LogP) is 4.53. The van der Waals surface area contributed by atoms with Crippen molar-refractivity contribution in [2.45, 2.75) is 38.5 Å². The Labute approximate surface area is 176 Å². The Balaban J connectivity index is 1.81. The third-order valence-corrected chi connectivity index (χ3v) is 5.93. The van der Waals surface area contributed by atoms with E-state index in [1.54, 1.807) is 25.1 Å². The van der Waals surface area contributed by atoms with Gasteiger partial charge in [-0.1, -0.05) is 42.5 Å². The number of nitrogens with zero attached hydrogens (tertiary/aromatic N) is 1. The number of hydrogen-bond donors (Lipinski definition) is 1. The fourth-order valence-corrected chi connectivity index (χ4v) is 4.64. The quantitative estimate of drug-likeness (QED) is 0.761. The molecule has 1 unspecified atom stereocenters. The lowest BCUT2D eigenvalue weighted by atomic mass is 9.69. The molecule has 1 aliphatic carbocycles. The molecule has 1 N–H and O–H groups in total. The summed E-state index contributed by atoms with van der Waals surface area (Å²) in [5.41, 5.74) is 3.80. The van der Waals surface area contributed by atoms with Crippen molar-refractivity contribution in [2.75, 3.05) is 6.61 Å². The summed E-state index contributed by atoms with van der Waals surface area (Å²) in [7, 11) is 0. The maximum Gasteiger partial charge on any atom is 0.315 e. The summed E-state index contributed by atoms with van der Waals surface area (Å²) in [4.78, 5) is 30.9. The van der Waals surface area contributed by atoms with E-state index in [2.05, 4.69) is 0 Å². The van der Waals surface area contributed by atoms with E-state index in [-0.39, 0.29) is 24.1 Å². The van der Waals surface area contributed by atoms with E-state index in [0.29, 0.717) is 24.1 Å². The first-order valence-electron chi connectivity index (χ1n) is 10.3. The molecule has 2 aliphatic rings. The number of carbonyl (C=O) groups is 2. The Kier molecular flexibility index (Phi) is 5.53. The molecule has 1 aliphatic heterocycles. The Bertz CT molecular complexity index is 1040. The zero-order valence-corrected chi connectivity index (χ0v) is 17.2. The first-order chi connectivity index (χ1) is 14.5. The lowest BCUT2D eigenvalue weighted by Crippen LogP contribution is -2.38. The van der Waals surface area contributed by atoms with Crippen LogP contribution in [-0.2, 0) is 14.3 Å². The van der Waals surface area contributed by atoms with Crippen LogP contribution >= 0.6 is 0 Å². The first-order valence-corrected chi connectivity index (χ1v) is 10.3. The van der Waals surface area contributed by atoms with Crippen molar-refractivity contribution in [3.8, 4) is 5.75 Å². The van der Waals surface area contributed by atoms with Crippen molar-refractivity contribution in [3.05, 3.63) is 77.0 Å². The van der Waals surface area contributed by atoms with Crippen LogP contribution in [0.25, 0.3) is 0 Å². The van der Waals surface area contributed by atoms with E-state index in [4.69, 9.17) is 9.73 Å². The summed E-state index contributed by atoms with van der Waals surface area (Å²) in [5, 5.41) is 10.0. The van der Waals surface area contributed by atoms with Gasteiger partial charge in [-0.25, -0.2) is 0 Å². The number of ketones is 1. The van der Waals surface area contributed by atoms with Crippen LogP contribution < -0.4 is 0 Å². The minimum Gasteiger partial charge on any atom is -0.508 e. The minimum atomic E-state index is -0.678. The predicted molar refractivity (Wildman–Crippen MR) is 115 cm³/mol. The van der Waals surface area contributed by atoms with Gasteiger partial charge in [0.25, 0.3) is 0 Å². The lowest BCUT2D eigenvalue weighted by molar-refractivity contribution is -0.146. The van der Waals surface area contributed by atoms with Gasteiger partial charge in [-0.05, 0) is 49.4 Å². The van der Waals surface area contributed by atoms with Crippen molar-refractivity contribution < 1.29 is 19.4 Å². The number of phenolic OH excluding ortho intramolecular Hbond substituents is 1. The Hall–Kier alpha value is -3.21. The van der Waals surface area contributed by atoms with Crippen LogP contribution in [-0.4, -0.2) is 29.2 Å². The highest BCUT2D eigenvalue weighted by Gasteiger charge is 2.44. The average Bonchev–Trinajstić information content (AvgIpc) is 2.73. The number of phenols is 1. The number of rotatable bonds is 4. The molecule has 30 heavy (non-hydrogen) atoms. The number of esters is 1. The van der Waals surface area contributed by atoms with E-state index < -0.39 is 17.8 Å². The smallest absolute Gasteiger partial charge is 0.315 e. The van der Waals surface area contributed by atoms with E-state index in [1.165, 1.54) is 0 Å². The number of benzene rings is 2. The topological polar surface area (TPSA) is 76.0 Å². The first kappa shape index (κ1) is 20.1. The van der Waals surface area contributed by atoms with Crippen LogP contribution in [0.5, 0.6) is 5.75 Å². The number of aromatic hydroxyl groups is 1. The Morgan fingerprint density at radius 3 is 2.53 bits per heavy atom. The van der Waals surface area contributed by atoms with E-state index in [1.807, 2.05) is 43.3 Å². The van der Waals surface area contributed by atoms with Crippen molar-refractivity contribution >= 4 is 17.5 Å². The summed E-state index contributed by atoms with van der Waals surface area (Å²) in [6.07, 6.45) is 1.02. The normalized spacial score (nSPS) is 23.6. The second-order valence-electron chi connectivity index (χ2n) is 7.85. The SMILES string of the molecule is CCOC(=O)C1C(C)=NC2=C(C(=O)C[C@@H](c3ccccc3)C2)[C@@H]1c1cccc(O)c1. The minimum absolute atomic E-state index is 0.00370. The van der Waals surface area contributed by atoms with Crippen LogP contribution in [0.1, 0.15) is 49.7 Å². The van der Waals surface area contributed by atoms with Gasteiger partial charge in [-0.15, -0.1) is 0 Å². The van der Waals surface area contributed by atoms with Gasteiger partial charge >= 0.3 is 5.97 Å². The van der Waals surface area contributed by atoms with Gasteiger partial charge < -0.3 is 9.84 Å². The average molecular weight is 403 g/mol. The number of carbonyl (C=O) groups excluding carboxylic acids is 2. The van der Waals surface area contributed by atoms with Crippen molar-refractivity contribution in [1.82, 2.24) is 0 Å². The highest BCUT2D eigenvalue weighted by atomic mass is 16.5. The summed E-state index contributed by atoms with van der Waals surface area (Å²) < 4.78 is 5.32. The fraction of sp³-hybridized carbons (Fsp3) is 0.320. The van der Waals surface area contributed by atoms with E-state index in [9.17, 15) is 14.7 Å². The molecule has 4 rings (SSSR count). The van der Waals surface area contributed by atoms with Crippen LogP contribution in [0.2, 0.25) is 0 Å². The molecule has 0 fully saturated rings. The number of ether oxygens (including phenoxy) is 1. The largest absolute Gasteiger partial charge is 0.508 e. The zero-order valence-electron chi connectivity index (χ0n) is 17.2. The molecule has 1 heterocycles. The second-order valence-corrected chi connectivity index (χ2v) is 7.85. The molecule has 5 nitrogen and oxygen atoms in total. The van der Waals surface area contributed by atoms with Gasteiger partial charge in [-0.3, -0.25) is 14.6 Å². The number of aliphatic imine (C=N–C) groups is 1. The van der Waals surface area contributed by atoms with Crippen LogP contribution in [0.15, 0.2) is 70.9 Å². The molecule has 0 bridgehead atoms. The van der Waals surface area contributed by atoms with Gasteiger partial charge in [0.15, 0.2) is 5.78 Å². The van der Waals surface area contributed by atoms with E-state index >= 15 is 0 Å². The van der Waals surface area contributed by atoms with Gasteiger partial charge in [0.1, 0.15) is 11.7 Å². The molecular weight excluding hydrogens is 378 g/mol. The van der Waals surface area contributed by atoms with Gasteiger partial charge in [0, 0.05) is 29.3 Å². The highest BCUT2D eigenvalue weighted by Crippen LogP contribution is 2.47. The van der Waals surface area contributed by atoms with Crippen LogP contribution in [0.4, 0.5) is 0 Å². The molecule has 0 amide bonds. The molecule has 0 saturated carbocycles. The number of allylic oxidation sites excluding steroid dienone is 2. The number of Topliss-reactive ketones (excluding diaryl/α,β-unsaturated/α-hetero) is 1. The van der Waals surface area contributed by atoms with Crippen molar-refractivity contribution in [2.24, 2.45) is 10.9 Å². The van der Waals surface area contributed by atoms with E-state index in [0.717, 1.165) is 16.8 Å². The summed E-state index contributed by atoms with van der Waals surface area (Å²) in [6.45, 7) is 3.83. The van der Waals surface area contributed by atoms with Crippen molar-refractivity contribution in [1.29, 1.82) is 0 Å². The standard InChI is InChI=1S/C25H25NO4/c1-3-30-25(29)22-15(2)26-20-13-18(16-8-5-4-6-9-16)14-21(28)24(20)23(22)17-10-7-11-19(27)12-17/h4-12,18,22-23,27H,3,13-14H2,1-2H3/t18-,22?,23+/m0/s1. The van der Waals surface area contributed by atoms with Crippen molar-refractivity contribution in [3.63, 3.8) is 0 Å². The maximum atomic E-state index is 13.4. The van der Waals surface area contributed by atoms with Crippen LogP contribution in [0.3, 0.4) is 0 Å². The molecule has 5 heteroatoms. The maximum absolute atomic E-state index is 13.4. The molecule has 2 aromatic rings. The third-order valence-electron chi connectivity index (χ3n) is 5.93. The van der Waals surface area contributed by atoms with Gasteiger partial charge in [-0.2, -0.15) is 0 Å². The molecule has 0 aromatic heterocycles. The zero-order chi connectivity index (χ0) is 21.3. The number of hydrogen-bond acceptors (Lipinski definition) is 5. The van der Waals surface area contributed by atoms with Gasteiger partial charge in [0.05, 0.1) is 6.61 Å². The molecule has 154 valence electrons. The second kappa shape index (κ2) is 8.27. The summed E-state index contributed by atoms with van der Waals surface area (Å²) in [5.74, 6) is -1.41. The molecule has 0 spiro atoms. The molecular formula is C25H25NO4. The van der Waals surface area contributed by atoms with Crippen LogP contribution in [0, 0.1) is 5.92 Å². The highest BCUT2D eigenvalue weighted by molar-refractivity contribution is 6.09. The Morgan fingerprint density at radius 1 is 1.10 bits per heavy atom. The lowest BCUT2D eigenvalue weighted by Gasteiger charge is -2.36. The summed E-state index contributed by atoms with van der Waals surface area (Å²) in [6, 6.07) is 16.8. The molecule has 3 atom stereocenters. The molecule has 2 aromatic carbocycles. The fourth-order valence-electron chi connectivity index (χ4n) is 4.64. The summed E-state index contributed by atoms with van der Waals surface area (Å²) >= 11 is 0. The molecule has 0 radical (unpaired) electrons. The third kappa shape index (κ3) is 3.67. The monoisotopic (exact) mass is 403 g/mol. The molecule has 0 saturated heterocycles. The van der Waals surface area contributed by atoms with Gasteiger partial charge in [0.2, 0.25) is 0 Å².